The molecule has 2 aliphatic rings. The zero-order valence-electron chi connectivity index (χ0n) is 21.5. The number of rotatable bonds is 8. The molecule has 1 aliphatic carbocycles. The fourth-order valence-corrected chi connectivity index (χ4v) is 5.07. The first-order valence-corrected chi connectivity index (χ1v) is 12.6. The van der Waals surface area contributed by atoms with Gasteiger partial charge < -0.3 is 26.0 Å². The lowest BCUT2D eigenvalue weighted by Gasteiger charge is -2.38. The van der Waals surface area contributed by atoms with Gasteiger partial charge in [-0.25, -0.2) is 4.98 Å². The van der Waals surface area contributed by atoms with Crippen molar-refractivity contribution in [3.8, 4) is 0 Å². The highest BCUT2D eigenvalue weighted by molar-refractivity contribution is 5.97. The summed E-state index contributed by atoms with van der Waals surface area (Å²) in [5.74, 6) is -3.05. The van der Waals surface area contributed by atoms with Crippen LogP contribution in [0.3, 0.4) is 0 Å². The van der Waals surface area contributed by atoms with Crippen molar-refractivity contribution in [2.75, 3.05) is 20.1 Å². The largest absolute Gasteiger partial charge is 0.481 e. The molecule has 1 aromatic rings. The van der Waals surface area contributed by atoms with Crippen molar-refractivity contribution in [1.29, 1.82) is 0 Å². The van der Waals surface area contributed by atoms with Gasteiger partial charge in [-0.15, -0.1) is 0 Å². The molecule has 2 heterocycles. The van der Waals surface area contributed by atoms with Gasteiger partial charge in [-0.05, 0) is 24.2 Å². The molecule has 1 aliphatic heterocycles. The van der Waals surface area contributed by atoms with Crippen LogP contribution in [0.5, 0.6) is 0 Å². The number of likely N-dealkylation sites (N-methyl/N-ethyl adjacent to an activating group) is 1. The molecule has 0 spiro atoms. The summed E-state index contributed by atoms with van der Waals surface area (Å²) in [6.45, 7) is 6.18. The van der Waals surface area contributed by atoms with Crippen molar-refractivity contribution in [1.82, 2.24) is 30.8 Å². The maximum absolute atomic E-state index is 13.6. The van der Waals surface area contributed by atoms with Gasteiger partial charge in [0.05, 0.1) is 18.2 Å². The molecule has 2 fully saturated rings. The van der Waals surface area contributed by atoms with Gasteiger partial charge in [0.2, 0.25) is 11.8 Å². The van der Waals surface area contributed by atoms with Crippen molar-refractivity contribution in [3.05, 3.63) is 24.3 Å². The summed E-state index contributed by atoms with van der Waals surface area (Å²) in [6, 6.07) is -2.27. The van der Waals surface area contributed by atoms with Gasteiger partial charge in [0.25, 0.3) is 5.91 Å². The molecule has 4 atom stereocenters. The van der Waals surface area contributed by atoms with Crippen molar-refractivity contribution in [3.63, 3.8) is 0 Å². The van der Waals surface area contributed by atoms with Crippen LogP contribution in [-0.2, 0) is 14.4 Å². The summed E-state index contributed by atoms with van der Waals surface area (Å²) in [7, 11) is 1.58. The van der Waals surface area contributed by atoms with Gasteiger partial charge in [-0.1, -0.05) is 40.0 Å². The molecule has 11 nitrogen and oxygen atoms in total. The van der Waals surface area contributed by atoms with E-state index in [0.717, 1.165) is 32.1 Å². The van der Waals surface area contributed by atoms with E-state index < -0.39 is 47.2 Å². The number of nitrogens with zero attached hydrogens (tertiary/aromatic N) is 3. The number of aliphatic carboxylic acids is 1. The van der Waals surface area contributed by atoms with Gasteiger partial charge in [0.1, 0.15) is 17.8 Å². The first-order valence-electron chi connectivity index (χ1n) is 12.6. The van der Waals surface area contributed by atoms with Crippen molar-refractivity contribution in [2.24, 2.45) is 17.3 Å². The number of carboxylic acid groups (broad SMARTS) is 1. The third-order valence-electron chi connectivity index (χ3n) is 7.23. The third-order valence-corrected chi connectivity index (χ3v) is 7.23. The predicted octanol–water partition coefficient (Wildman–Crippen LogP) is 0.817. The molecule has 198 valence electrons. The Labute approximate surface area is 211 Å². The van der Waals surface area contributed by atoms with Crippen molar-refractivity contribution < 1.29 is 24.3 Å². The Morgan fingerprint density at radius 3 is 2.36 bits per heavy atom. The van der Waals surface area contributed by atoms with Crippen LogP contribution in [0, 0.1) is 17.3 Å². The predicted molar refractivity (Wildman–Crippen MR) is 132 cm³/mol. The van der Waals surface area contributed by atoms with E-state index in [1.54, 1.807) is 7.05 Å². The number of carbonyl (C=O) groups excluding carboxylic acids is 3. The molecular formula is C25H38N6O5. The first-order chi connectivity index (χ1) is 17.0. The van der Waals surface area contributed by atoms with Crippen LogP contribution in [0.2, 0.25) is 0 Å². The second kappa shape index (κ2) is 11.8. The van der Waals surface area contributed by atoms with E-state index in [4.69, 9.17) is 0 Å². The lowest BCUT2D eigenvalue weighted by Crippen LogP contribution is -2.61. The Kier molecular flexibility index (Phi) is 8.99. The molecule has 1 saturated carbocycles. The van der Waals surface area contributed by atoms with Crippen LogP contribution in [0.15, 0.2) is 18.6 Å². The van der Waals surface area contributed by atoms with Gasteiger partial charge in [0, 0.05) is 32.5 Å². The number of aromatic nitrogens is 2. The average molecular weight is 503 g/mol. The highest BCUT2D eigenvalue weighted by atomic mass is 16.4. The van der Waals surface area contributed by atoms with Gasteiger partial charge in [-0.2, -0.15) is 0 Å². The molecule has 4 N–H and O–H groups in total. The Morgan fingerprint density at radius 2 is 1.78 bits per heavy atom. The normalized spacial score (nSPS) is 22.3. The molecule has 3 rings (SSSR count). The fourth-order valence-electron chi connectivity index (χ4n) is 5.07. The summed E-state index contributed by atoms with van der Waals surface area (Å²) in [5.41, 5.74) is -0.541. The van der Waals surface area contributed by atoms with E-state index >= 15 is 0 Å². The molecule has 11 heteroatoms. The van der Waals surface area contributed by atoms with Gasteiger partial charge >= 0.3 is 5.97 Å². The quantitative estimate of drug-likeness (QED) is 0.407. The lowest BCUT2D eigenvalue weighted by atomic mass is 9.82. The van der Waals surface area contributed by atoms with Crippen molar-refractivity contribution >= 4 is 23.7 Å². The fraction of sp³-hybridized carbons (Fsp3) is 0.680. The van der Waals surface area contributed by atoms with E-state index in [1.165, 1.54) is 23.5 Å². The topological polar surface area (TPSA) is 154 Å². The van der Waals surface area contributed by atoms with Crippen LogP contribution in [0.25, 0.3) is 0 Å². The number of hydrogen-bond acceptors (Lipinski definition) is 7. The monoisotopic (exact) mass is 502 g/mol. The van der Waals surface area contributed by atoms with E-state index in [-0.39, 0.29) is 24.1 Å². The minimum Gasteiger partial charge on any atom is -0.481 e. The van der Waals surface area contributed by atoms with Crippen molar-refractivity contribution in [2.45, 2.75) is 71.0 Å². The number of amides is 3. The number of carboxylic acids is 1. The minimum absolute atomic E-state index is 0.0664. The highest BCUT2D eigenvalue weighted by Crippen LogP contribution is 2.28. The Bertz CT molecular complexity index is 944. The van der Waals surface area contributed by atoms with Crippen LogP contribution in [0.4, 0.5) is 0 Å². The number of carbonyl (C=O) groups is 4. The molecule has 3 amide bonds. The Morgan fingerprint density at radius 1 is 1.08 bits per heavy atom. The molecule has 1 aromatic heterocycles. The number of hydrogen-bond donors (Lipinski definition) is 4. The van der Waals surface area contributed by atoms with E-state index in [9.17, 15) is 24.3 Å². The second-order valence-corrected chi connectivity index (χ2v) is 10.9. The molecule has 2 unspecified atom stereocenters. The molecule has 0 radical (unpaired) electrons. The first kappa shape index (κ1) is 27.5. The summed E-state index contributed by atoms with van der Waals surface area (Å²) >= 11 is 0. The van der Waals surface area contributed by atoms with E-state index in [1.807, 2.05) is 20.8 Å². The van der Waals surface area contributed by atoms with Crippen LogP contribution >= 0.6 is 0 Å². The minimum atomic E-state index is -0.968. The zero-order chi connectivity index (χ0) is 26.5. The summed E-state index contributed by atoms with van der Waals surface area (Å²) in [5, 5.41) is 18.3. The van der Waals surface area contributed by atoms with Crippen LogP contribution in [-0.4, -0.2) is 81.9 Å². The lowest BCUT2D eigenvalue weighted by molar-refractivity contribution is -0.146. The molecule has 0 aromatic carbocycles. The van der Waals surface area contributed by atoms with Gasteiger partial charge in [-0.3, -0.25) is 24.2 Å². The molecular weight excluding hydrogens is 464 g/mol. The maximum Gasteiger partial charge on any atom is 0.309 e. The maximum atomic E-state index is 13.6. The number of nitrogens with one attached hydrogen (secondary N) is 3. The standard InChI is InChI=1S/C25H38N6O5/c1-25(2,3)20(23(34)31(4)18-14-27-12-16(18)24(35)36)30-22(33)19(15-8-6-5-7-9-15)29-21(32)17-13-26-10-11-28-17/h10-11,13,15-16,18-20,27H,5-9,12,14H2,1-4H3,(H,29,32)(H,30,33)(H,35,36)/t16-,18+,19?,20?/m1/s1. The summed E-state index contributed by atoms with van der Waals surface area (Å²) < 4.78 is 0. The third kappa shape index (κ3) is 6.57. The highest BCUT2D eigenvalue weighted by Gasteiger charge is 2.43. The molecule has 0 bridgehead atoms. The van der Waals surface area contributed by atoms with Crippen LogP contribution in [0.1, 0.15) is 63.4 Å². The average Bonchev–Trinajstić information content (AvgIpc) is 3.35. The van der Waals surface area contributed by atoms with E-state index in [0.29, 0.717) is 6.54 Å². The Hall–Kier alpha value is -3.08. The SMILES string of the molecule is CN(C(=O)C(NC(=O)C(NC(=O)c1cnccn1)C1CCCCC1)C(C)(C)C)[C@H]1CNC[C@H]1C(=O)O. The van der Waals surface area contributed by atoms with E-state index in [2.05, 4.69) is 25.9 Å². The van der Waals surface area contributed by atoms with Crippen LogP contribution < -0.4 is 16.0 Å². The molecule has 36 heavy (non-hydrogen) atoms. The smallest absolute Gasteiger partial charge is 0.309 e. The zero-order valence-corrected chi connectivity index (χ0v) is 21.5. The summed E-state index contributed by atoms with van der Waals surface area (Å²) in [4.78, 5) is 61.2. The Balaban J connectivity index is 1.81. The summed E-state index contributed by atoms with van der Waals surface area (Å²) in [6.07, 6.45) is 8.81. The molecule has 1 saturated heterocycles. The second-order valence-electron chi connectivity index (χ2n) is 10.9. The van der Waals surface area contributed by atoms with Gasteiger partial charge in [0.15, 0.2) is 0 Å².